The molecule has 3 aromatic carbocycles. The van der Waals surface area contributed by atoms with Gasteiger partial charge in [0, 0.05) is 23.6 Å². The zero-order chi connectivity index (χ0) is 20.2. The van der Waals surface area contributed by atoms with Crippen molar-refractivity contribution in [3.8, 4) is 0 Å². The van der Waals surface area contributed by atoms with Crippen molar-refractivity contribution in [1.29, 1.82) is 0 Å². The van der Waals surface area contributed by atoms with Gasteiger partial charge in [0.2, 0.25) is 0 Å². The van der Waals surface area contributed by atoms with Gasteiger partial charge in [0.05, 0.1) is 0 Å². The molecule has 1 aliphatic rings. The maximum atomic E-state index is 3.50. The summed E-state index contributed by atoms with van der Waals surface area (Å²) in [5.74, 6) is 0.678. The van der Waals surface area contributed by atoms with E-state index in [4.69, 9.17) is 0 Å². The Morgan fingerprint density at radius 1 is 0.700 bits per heavy atom. The highest BCUT2D eigenvalue weighted by Crippen LogP contribution is 2.33. The lowest BCUT2D eigenvalue weighted by Crippen LogP contribution is -2.26. The maximum Gasteiger partial charge on any atom is 0.0486 e. The van der Waals surface area contributed by atoms with E-state index >= 15 is 0 Å². The number of para-hydroxylation sites is 1. The van der Waals surface area contributed by atoms with Gasteiger partial charge in [0.15, 0.2) is 0 Å². The Bertz CT molecular complexity index is 1090. The van der Waals surface area contributed by atoms with E-state index in [0.29, 0.717) is 5.92 Å². The first-order valence-electron chi connectivity index (χ1n) is 11.3. The van der Waals surface area contributed by atoms with Gasteiger partial charge in [0.1, 0.15) is 0 Å². The van der Waals surface area contributed by atoms with Crippen LogP contribution in [0.4, 0.5) is 0 Å². The number of hydrogen-bond donors (Lipinski definition) is 1. The van der Waals surface area contributed by atoms with Gasteiger partial charge in [-0.05, 0) is 73.0 Å². The molecule has 1 aromatic heterocycles. The smallest absolute Gasteiger partial charge is 0.0486 e. The fourth-order valence-electron chi connectivity index (χ4n) is 4.81. The van der Waals surface area contributed by atoms with Crippen LogP contribution in [-0.4, -0.2) is 17.7 Å². The highest BCUT2D eigenvalue weighted by atomic mass is 15.0. The van der Waals surface area contributed by atoms with Gasteiger partial charge in [0.25, 0.3) is 0 Å². The largest absolute Gasteiger partial charge is 0.343 e. The molecular weight excluding hydrogens is 364 g/mol. The topological polar surface area (TPSA) is 17.0 Å². The number of fused-ring (bicyclic) bond motifs is 1. The molecular formula is C28H30N2. The third-order valence-corrected chi connectivity index (χ3v) is 6.52. The van der Waals surface area contributed by atoms with Crippen molar-refractivity contribution in [1.82, 2.24) is 9.88 Å². The number of benzene rings is 3. The summed E-state index contributed by atoms with van der Waals surface area (Å²) in [6.45, 7) is 3.20. The average molecular weight is 395 g/mol. The van der Waals surface area contributed by atoms with Gasteiger partial charge in [-0.2, -0.15) is 0 Å². The molecule has 0 spiro atoms. The molecule has 4 aromatic rings. The molecule has 0 amide bonds. The number of rotatable bonds is 6. The Hall–Kier alpha value is -2.84. The van der Waals surface area contributed by atoms with E-state index in [0.717, 1.165) is 32.5 Å². The summed E-state index contributed by atoms with van der Waals surface area (Å²) in [5, 5.41) is 4.93. The zero-order valence-electron chi connectivity index (χ0n) is 17.6. The second-order valence-electron chi connectivity index (χ2n) is 8.56. The van der Waals surface area contributed by atoms with E-state index in [1.165, 1.54) is 46.0 Å². The van der Waals surface area contributed by atoms with Gasteiger partial charge in [-0.15, -0.1) is 0 Å². The van der Waals surface area contributed by atoms with Crippen LogP contribution in [0, 0.1) is 0 Å². The second kappa shape index (κ2) is 8.89. The molecule has 0 bridgehead atoms. The Kier molecular flexibility index (Phi) is 5.67. The van der Waals surface area contributed by atoms with Crippen LogP contribution in [0.2, 0.25) is 0 Å². The first-order valence-corrected chi connectivity index (χ1v) is 11.3. The molecule has 2 heteroatoms. The molecule has 1 N–H and O–H groups in total. The van der Waals surface area contributed by atoms with Gasteiger partial charge < -0.3 is 9.88 Å². The minimum Gasteiger partial charge on any atom is -0.343 e. The Morgan fingerprint density at radius 2 is 1.33 bits per heavy atom. The zero-order valence-corrected chi connectivity index (χ0v) is 17.6. The summed E-state index contributed by atoms with van der Waals surface area (Å²) in [6.07, 6.45) is 7.09. The Morgan fingerprint density at radius 3 is 2.10 bits per heavy atom. The minimum absolute atomic E-state index is 0.678. The minimum atomic E-state index is 0.678. The summed E-state index contributed by atoms with van der Waals surface area (Å²) >= 11 is 0. The van der Waals surface area contributed by atoms with Gasteiger partial charge in [-0.1, -0.05) is 72.8 Å². The summed E-state index contributed by atoms with van der Waals surface area (Å²) < 4.78 is 2.45. The molecule has 2 heterocycles. The number of aryl methyl sites for hydroxylation is 2. The van der Waals surface area contributed by atoms with Gasteiger partial charge in [-0.25, -0.2) is 0 Å². The lowest BCUT2D eigenvalue weighted by molar-refractivity contribution is 0.461. The van der Waals surface area contributed by atoms with Crippen LogP contribution in [0.15, 0.2) is 85.1 Å². The third-order valence-electron chi connectivity index (χ3n) is 6.52. The fraction of sp³-hybridized carbons (Fsp3) is 0.286. The van der Waals surface area contributed by atoms with Crippen molar-refractivity contribution in [3.05, 3.63) is 107 Å². The molecule has 2 nitrogen and oxygen atoms in total. The van der Waals surface area contributed by atoms with Crippen LogP contribution in [0.3, 0.4) is 0 Å². The van der Waals surface area contributed by atoms with E-state index in [1.807, 2.05) is 0 Å². The van der Waals surface area contributed by atoms with Crippen LogP contribution in [-0.2, 0) is 19.4 Å². The molecule has 0 atom stereocenters. The van der Waals surface area contributed by atoms with E-state index in [1.54, 1.807) is 0 Å². The monoisotopic (exact) mass is 394 g/mol. The van der Waals surface area contributed by atoms with Gasteiger partial charge in [-0.3, -0.25) is 0 Å². The van der Waals surface area contributed by atoms with E-state index < -0.39 is 0 Å². The normalized spacial score (nSPS) is 14.9. The lowest BCUT2D eigenvalue weighted by atomic mass is 9.90. The molecule has 152 valence electrons. The average Bonchev–Trinajstić information content (AvgIpc) is 3.18. The molecule has 1 fully saturated rings. The summed E-state index contributed by atoms with van der Waals surface area (Å²) in [6, 6.07) is 28.9. The van der Waals surface area contributed by atoms with Crippen molar-refractivity contribution in [2.75, 3.05) is 13.1 Å². The maximum absolute atomic E-state index is 3.50. The lowest BCUT2D eigenvalue weighted by Gasteiger charge is -2.22. The Balaban J connectivity index is 1.33. The summed E-state index contributed by atoms with van der Waals surface area (Å²) in [7, 11) is 0. The SMILES string of the molecule is c1ccc(CCc2ccc(Cn3cc(C4CCNCC4)c4ccccc43)cc2)cc1. The van der Waals surface area contributed by atoms with Crippen molar-refractivity contribution < 1.29 is 0 Å². The molecule has 0 radical (unpaired) electrons. The molecule has 5 rings (SSSR count). The van der Waals surface area contributed by atoms with E-state index in [-0.39, 0.29) is 0 Å². The fourth-order valence-corrected chi connectivity index (χ4v) is 4.81. The molecule has 1 aliphatic heterocycles. The number of hydrogen-bond acceptors (Lipinski definition) is 1. The molecule has 0 unspecified atom stereocenters. The van der Waals surface area contributed by atoms with Crippen LogP contribution in [0.25, 0.3) is 10.9 Å². The predicted molar refractivity (Wildman–Crippen MR) is 126 cm³/mol. The van der Waals surface area contributed by atoms with Crippen LogP contribution in [0.1, 0.15) is 41.0 Å². The number of aromatic nitrogens is 1. The molecule has 1 saturated heterocycles. The standard InChI is InChI=1S/C28H30N2/c1-2-6-22(7-3-1)10-11-23-12-14-24(15-13-23)20-30-21-27(25-16-18-29-19-17-25)26-8-4-5-9-28(26)30/h1-9,12-15,21,25,29H,10-11,16-20H2. The number of nitrogens with one attached hydrogen (secondary N) is 1. The molecule has 0 aliphatic carbocycles. The predicted octanol–water partition coefficient (Wildman–Crippen LogP) is 5.94. The van der Waals surface area contributed by atoms with Crippen LogP contribution in [0.5, 0.6) is 0 Å². The molecule has 0 saturated carbocycles. The van der Waals surface area contributed by atoms with E-state index in [2.05, 4.69) is 94.9 Å². The van der Waals surface area contributed by atoms with Crippen molar-refractivity contribution >= 4 is 10.9 Å². The summed E-state index contributed by atoms with van der Waals surface area (Å²) in [5.41, 5.74) is 7.09. The molecule has 30 heavy (non-hydrogen) atoms. The summed E-state index contributed by atoms with van der Waals surface area (Å²) in [4.78, 5) is 0. The van der Waals surface area contributed by atoms with Crippen molar-refractivity contribution in [3.63, 3.8) is 0 Å². The Labute approximate surface area is 179 Å². The highest BCUT2D eigenvalue weighted by molar-refractivity contribution is 5.84. The van der Waals surface area contributed by atoms with Crippen LogP contribution >= 0.6 is 0 Å². The first-order chi connectivity index (χ1) is 14.9. The third kappa shape index (κ3) is 4.20. The van der Waals surface area contributed by atoms with Crippen LogP contribution < -0.4 is 5.32 Å². The second-order valence-corrected chi connectivity index (χ2v) is 8.56. The first kappa shape index (κ1) is 19.1. The van der Waals surface area contributed by atoms with Gasteiger partial charge >= 0.3 is 0 Å². The van der Waals surface area contributed by atoms with Crippen molar-refractivity contribution in [2.24, 2.45) is 0 Å². The highest BCUT2D eigenvalue weighted by Gasteiger charge is 2.20. The van der Waals surface area contributed by atoms with E-state index in [9.17, 15) is 0 Å². The quantitative estimate of drug-likeness (QED) is 0.428. The number of piperidine rings is 1. The van der Waals surface area contributed by atoms with Crippen molar-refractivity contribution in [2.45, 2.75) is 38.1 Å². The number of nitrogens with zero attached hydrogens (tertiary/aromatic N) is 1.